The summed E-state index contributed by atoms with van der Waals surface area (Å²) >= 11 is 0. The molecule has 0 saturated carbocycles. The van der Waals surface area contributed by atoms with E-state index in [0.29, 0.717) is 0 Å². The molecular formula is C23H49N. The van der Waals surface area contributed by atoms with Crippen molar-refractivity contribution in [3.8, 4) is 0 Å². The lowest BCUT2D eigenvalue weighted by atomic mass is 10.1. The Bertz CT molecular complexity index is 220. The quantitative estimate of drug-likeness (QED) is 0.231. The molecule has 1 heteroatoms. The standard InChI is InChI=1S/C23H49N/c1-6-7-8-9-10-11-12-13-14-19-24(20-15-17-22(2)3)21-16-18-23(4)5/h22-23H,6-21H2,1-5H3. The maximum absolute atomic E-state index is 2.76. The van der Waals surface area contributed by atoms with Crippen molar-refractivity contribution < 1.29 is 0 Å². The first-order valence-electron chi connectivity index (χ1n) is 11.3. The third-order valence-corrected chi connectivity index (χ3v) is 5.09. The molecule has 0 aliphatic rings. The highest BCUT2D eigenvalue weighted by Gasteiger charge is 2.06. The molecule has 0 N–H and O–H groups in total. The zero-order valence-electron chi connectivity index (χ0n) is 17.9. The number of hydrogen-bond acceptors (Lipinski definition) is 1. The van der Waals surface area contributed by atoms with Crippen LogP contribution in [0.2, 0.25) is 0 Å². The van der Waals surface area contributed by atoms with Crippen LogP contribution in [0.25, 0.3) is 0 Å². The molecule has 0 unspecified atom stereocenters. The summed E-state index contributed by atoms with van der Waals surface area (Å²) in [6.07, 6.45) is 18.5. The Kier molecular flexibility index (Phi) is 17.7. The van der Waals surface area contributed by atoms with Crippen LogP contribution in [-0.4, -0.2) is 24.5 Å². The average Bonchev–Trinajstić information content (AvgIpc) is 2.52. The highest BCUT2D eigenvalue weighted by molar-refractivity contribution is 4.61. The van der Waals surface area contributed by atoms with Gasteiger partial charge in [0.05, 0.1) is 0 Å². The minimum Gasteiger partial charge on any atom is -0.303 e. The van der Waals surface area contributed by atoms with E-state index in [1.165, 1.54) is 103 Å². The second kappa shape index (κ2) is 17.8. The van der Waals surface area contributed by atoms with Gasteiger partial charge < -0.3 is 4.90 Å². The van der Waals surface area contributed by atoms with Gasteiger partial charge in [-0.15, -0.1) is 0 Å². The largest absolute Gasteiger partial charge is 0.303 e. The summed E-state index contributed by atoms with van der Waals surface area (Å²) < 4.78 is 0. The fourth-order valence-electron chi connectivity index (χ4n) is 3.43. The van der Waals surface area contributed by atoms with E-state index in [-0.39, 0.29) is 0 Å². The van der Waals surface area contributed by atoms with Crippen molar-refractivity contribution in [2.45, 2.75) is 118 Å². The van der Waals surface area contributed by atoms with Gasteiger partial charge in [0.15, 0.2) is 0 Å². The topological polar surface area (TPSA) is 3.24 Å². The van der Waals surface area contributed by atoms with Crippen LogP contribution in [0.5, 0.6) is 0 Å². The second-order valence-electron chi connectivity index (χ2n) is 8.74. The fourth-order valence-corrected chi connectivity index (χ4v) is 3.43. The Morgan fingerprint density at radius 3 is 1.29 bits per heavy atom. The summed E-state index contributed by atoms with van der Waals surface area (Å²) in [6.45, 7) is 15.7. The Labute approximate surface area is 155 Å². The van der Waals surface area contributed by atoms with Gasteiger partial charge in [-0.3, -0.25) is 0 Å². The lowest BCUT2D eigenvalue weighted by Crippen LogP contribution is -2.27. The van der Waals surface area contributed by atoms with Gasteiger partial charge in [0.25, 0.3) is 0 Å². The summed E-state index contributed by atoms with van der Waals surface area (Å²) in [4.78, 5) is 2.76. The molecule has 0 saturated heterocycles. The molecule has 0 amide bonds. The normalized spacial score (nSPS) is 12.0. The third-order valence-electron chi connectivity index (χ3n) is 5.09. The molecule has 0 bridgehead atoms. The molecule has 0 aromatic rings. The van der Waals surface area contributed by atoms with Crippen LogP contribution in [0, 0.1) is 11.8 Å². The van der Waals surface area contributed by atoms with Crippen LogP contribution in [0.15, 0.2) is 0 Å². The van der Waals surface area contributed by atoms with Crippen molar-refractivity contribution in [2.24, 2.45) is 11.8 Å². The molecule has 0 aliphatic carbocycles. The molecule has 0 spiro atoms. The summed E-state index contributed by atoms with van der Waals surface area (Å²) in [5.41, 5.74) is 0. The molecule has 146 valence electrons. The monoisotopic (exact) mass is 339 g/mol. The molecule has 0 rings (SSSR count). The van der Waals surface area contributed by atoms with Crippen LogP contribution in [-0.2, 0) is 0 Å². The molecule has 0 atom stereocenters. The zero-order valence-corrected chi connectivity index (χ0v) is 17.9. The fraction of sp³-hybridized carbons (Fsp3) is 1.00. The van der Waals surface area contributed by atoms with Gasteiger partial charge in [-0.25, -0.2) is 0 Å². The molecule has 0 heterocycles. The average molecular weight is 340 g/mol. The summed E-state index contributed by atoms with van der Waals surface area (Å²) in [7, 11) is 0. The molecule has 0 radical (unpaired) electrons. The van der Waals surface area contributed by atoms with Crippen LogP contribution >= 0.6 is 0 Å². The van der Waals surface area contributed by atoms with Crippen LogP contribution < -0.4 is 0 Å². The first-order chi connectivity index (χ1) is 11.6. The van der Waals surface area contributed by atoms with Crippen molar-refractivity contribution in [1.29, 1.82) is 0 Å². The van der Waals surface area contributed by atoms with E-state index in [1.54, 1.807) is 0 Å². The molecular weight excluding hydrogens is 290 g/mol. The maximum atomic E-state index is 2.76. The predicted octanol–water partition coefficient (Wildman–Crippen LogP) is 7.69. The van der Waals surface area contributed by atoms with Gasteiger partial charge in [-0.1, -0.05) is 86.0 Å². The van der Waals surface area contributed by atoms with Crippen molar-refractivity contribution >= 4 is 0 Å². The highest BCUT2D eigenvalue weighted by Crippen LogP contribution is 2.12. The molecule has 1 nitrogen and oxygen atoms in total. The Morgan fingerprint density at radius 2 is 0.875 bits per heavy atom. The number of rotatable bonds is 18. The Hall–Kier alpha value is -0.0400. The van der Waals surface area contributed by atoms with Gasteiger partial charge >= 0.3 is 0 Å². The minimum absolute atomic E-state index is 0.857. The van der Waals surface area contributed by atoms with E-state index in [9.17, 15) is 0 Å². The van der Waals surface area contributed by atoms with Gasteiger partial charge in [-0.2, -0.15) is 0 Å². The SMILES string of the molecule is CCCCCCCCCCCN(CCCC(C)C)CCCC(C)C. The zero-order chi connectivity index (χ0) is 18.0. The smallest absolute Gasteiger partial charge is 0.00186 e. The summed E-state index contributed by atoms with van der Waals surface area (Å²) in [5, 5.41) is 0. The summed E-state index contributed by atoms with van der Waals surface area (Å²) in [5.74, 6) is 1.71. The summed E-state index contributed by atoms with van der Waals surface area (Å²) in [6, 6.07) is 0. The highest BCUT2D eigenvalue weighted by atomic mass is 15.1. The first-order valence-corrected chi connectivity index (χ1v) is 11.3. The van der Waals surface area contributed by atoms with Crippen LogP contribution in [0.3, 0.4) is 0 Å². The van der Waals surface area contributed by atoms with E-state index in [2.05, 4.69) is 39.5 Å². The lowest BCUT2D eigenvalue weighted by molar-refractivity contribution is 0.248. The molecule has 0 aliphatic heterocycles. The van der Waals surface area contributed by atoms with Gasteiger partial charge in [0.2, 0.25) is 0 Å². The molecule has 0 fully saturated rings. The lowest BCUT2D eigenvalue weighted by Gasteiger charge is -2.23. The van der Waals surface area contributed by atoms with Crippen molar-refractivity contribution in [1.82, 2.24) is 4.90 Å². The molecule has 24 heavy (non-hydrogen) atoms. The van der Waals surface area contributed by atoms with Crippen LogP contribution in [0.4, 0.5) is 0 Å². The van der Waals surface area contributed by atoms with Crippen molar-refractivity contribution in [3.05, 3.63) is 0 Å². The number of nitrogens with zero attached hydrogens (tertiary/aromatic N) is 1. The van der Waals surface area contributed by atoms with Gasteiger partial charge in [0, 0.05) is 0 Å². The van der Waals surface area contributed by atoms with E-state index in [4.69, 9.17) is 0 Å². The predicted molar refractivity (Wildman–Crippen MR) is 112 cm³/mol. The van der Waals surface area contributed by atoms with Crippen LogP contribution in [0.1, 0.15) is 118 Å². The number of unbranched alkanes of at least 4 members (excludes halogenated alkanes) is 8. The second-order valence-corrected chi connectivity index (χ2v) is 8.74. The van der Waals surface area contributed by atoms with Crippen molar-refractivity contribution in [2.75, 3.05) is 19.6 Å². The van der Waals surface area contributed by atoms with Crippen molar-refractivity contribution in [3.63, 3.8) is 0 Å². The molecule has 0 aromatic carbocycles. The van der Waals surface area contributed by atoms with E-state index in [1.807, 2.05) is 0 Å². The van der Waals surface area contributed by atoms with Gasteiger partial charge in [-0.05, 0) is 63.6 Å². The Balaban J connectivity index is 3.69. The van der Waals surface area contributed by atoms with E-state index < -0.39 is 0 Å². The van der Waals surface area contributed by atoms with E-state index >= 15 is 0 Å². The number of hydrogen-bond donors (Lipinski definition) is 0. The molecule has 0 aromatic heterocycles. The minimum atomic E-state index is 0.857. The maximum Gasteiger partial charge on any atom is -0.00186 e. The van der Waals surface area contributed by atoms with E-state index in [0.717, 1.165) is 11.8 Å². The third kappa shape index (κ3) is 18.3. The van der Waals surface area contributed by atoms with Gasteiger partial charge in [0.1, 0.15) is 0 Å². The Morgan fingerprint density at radius 1 is 0.500 bits per heavy atom. The first kappa shape index (κ1) is 24.0.